The average molecular weight is 255 g/mol. The van der Waals surface area contributed by atoms with Crippen molar-refractivity contribution in [2.45, 2.75) is 39.6 Å². The summed E-state index contributed by atoms with van der Waals surface area (Å²) in [5.74, 6) is 0.280. The lowest BCUT2D eigenvalue weighted by Gasteiger charge is -2.17. The van der Waals surface area contributed by atoms with Crippen LogP contribution < -0.4 is 10.5 Å². The first-order chi connectivity index (χ1) is 8.55. The lowest BCUT2D eigenvalue weighted by molar-refractivity contribution is -0.141. The van der Waals surface area contributed by atoms with Crippen molar-refractivity contribution < 1.29 is 14.2 Å². The Morgan fingerprint density at radius 3 is 2.50 bits per heavy atom. The fraction of sp³-hybridized carbons (Fsp3) is 0.667. The first-order valence-corrected chi connectivity index (χ1v) is 6.07. The zero-order chi connectivity index (χ0) is 13.6. The van der Waals surface area contributed by atoms with Gasteiger partial charge in [0, 0.05) is 0 Å². The zero-order valence-corrected chi connectivity index (χ0v) is 11.3. The number of hydrogen-bond acceptors (Lipinski definition) is 6. The van der Waals surface area contributed by atoms with Gasteiger partial charge in [0.15, 0.2) is 11.5 Å². The maximum atomic E-state index is 5.58. The molecule has 1 unspecified atom stereocenters. The van der Waals surface area contributed by atoms with E-state index in [1.165, 1.54) is 12.4 Å². The normalized spacial score (nSPS) is 21.0. The van der Waals surface area contributed by atoms with E-state index in [2.05, 4.69) is 9.97 Å². The molecule has 2 rings (SSSR count). The molecule has 1 aromatic rings. The summed E-state index contributed by atoms with van der Waals surface area (Å²) in [5.41, 5.74) is 5.36. The van der Waals surface area contributed by atoms with Crippen LogP contribution in [0.25, 0.3) is 0 Å². The van der Waals surface area contributed by atoms with Crippen LogP contribution in [-0.2, 0) is 9.47 Å². The van der Waals surface area contributed by atoms with Crippen molar-refractivity contribution in [2.75, 3.05) is 18.9 Å². The monoisotopic (exact) mass is 255 g/mol. The summed E-state index contributed by atoms with van der Waals surface area (Å²) < 4.78 is 16.4. The molecule has 18 heavy (non-hydrogen) atoms. The Bertz CT molecular complexity index is 354. The summed E-state index contributed by atoms with van der Waals surface area (Å²) in [5, 5.41) is 0. The fourth-order valence-electron chi connectivity index (χ4n) is 1.44. The van der Waals surface area contributed by atoms with Gasteiger partial charge in [0.05, 0.1) is 19.0 Å². The molecule has 1 aromatic heterocycles. The molecule has 1 aliphatic heterocycles. The molecular formula is C12H21N3O3. The van der Waals surface area contributed by atoms with Gasteiger partial charge in [-0.1, -0.05) is 13.8 Å². The molecule has 6 heteroatoms. The van der Waals surface area contributed by atoms with Gasteiger partial charge in [-0.15, -0.1) is 0 Å². The Hall–Kier alpha value is -1.40. The third-order valence-electron chi connectivity index (χ3n) is 2.15. The van der Waals surface area contributed by atoms with Crippen LogP contribution in [0.15, 0.2) is 12.4 Å². The van der Waals surface area contributed by atoms with Crippen molar-refractivity contribution in [3.05, 3.63) is 12.4 Å². The summed E-state index contributed by atoms with van der Waals surface area (Å²) in [6.07, 6.45) is 3.00. The Morgan fingerprint density at radius 2 is 2.00 bits per heavy atom. The highest BCUT2D eigenvalue weighted by Crippen LogP contribution is 2.22. The van der Waals surface area contributed by atoms with E-state index in [4.69, 9.17) is 19.9 Å². The van der Waals surface area contributed by atoms with Crippen LogP contribution in [0.3, 0.4) is 0 Å². The third-order valence-corrected chi connectivity index (χ3v) is 2.15. The lowest BCUT2D eigenvalue weighted by Crippen LogP contribution is -2.25. The van der Waals surface area contributed by atoms with Crippen LogP contribution in [-0.4, -0.2) is 35.1 Å². The number of ether oxygens (including phenoxy) is 3. The van der Waals surface area contributed by atoms with Crippen molar-refractivity contribution in [1.82, 2.24) is 9.97 Å². The van der Waals surface area contributed by atoms with Crippen LogP contribution >= 0.6 is 0 Å². The summed E-state index contributed by atoms with van der Waals surface area (Å²) in [6, 6.07) is 0. The standard InChI is InChI=1S/C10H15N3O3.C2H6/c1-10(2)15-6-8(16-10)5-14-7-3-12-9(11)13-4-7;1-2/h3-4,8H,5-6H2,1-2H3,(H2,11,12,13);1-2H3. The van der Waals surface area contributed by atoms with Gasteiger partial charge in [-0.05, 0) is 13.8 Å². The minimum absolute atomic E-state index is 0.0625. The summed E-state index contributed by atoms with van der Waals surface area (Å²) in [6.45, 7) is 8.69. The van der Waals surface area contributed by atoms with Gasteiger partial charge in [0.2, 0.25) is 5.95 Å². The number of aromatic nitrogens is 2. The van der Waals surface area contributed by atoms with E-state index in [9.17, 15) is 0 Å². The molecule has 0 aliphatic carbocycles. The summed E-state index contributed by atoms with van der Waals surface area (Å²) >= 11 is 0. The Kier molecular flexibility index (Phi) is 5.30. The maximum absolute atomic E-state index is 5.58. The minimum atomic E-state index is -0.522. The first kappa shape index (κ1) is 14.7. The second kappa shape index (κ2) is 6.51. The van der Waals surface area contributed by atoms with E-state index < -0.39 is 5.79 Å². The average Bonchev–Trinajstić information content (AvgIpc) is 2.71. The van der Waals surface area contributed by atoms with E-state index in [0.717, 1.165) is 0 Å². The minimum Gasteiger partial charge on any atom is -0.488 e. The molecule has 0 amide bonds. The molecular weight excluding hydrogens is 234 g/mol. The Balaban J connectivity index is 0.000000771. The number of rotatable bonds is 3. The molecule has 1 atom stereocenters. The van der Waals surface area contributed by atoms with E-state index in [1.54, 1.807) is 0 Å². The van der Waals surface area contributed by atoms with E-state index in [1.807, 2.05) is 27.7 Å². The Labute approximate surface area is 107 Å². The van der Waals surface area contributed by atoms with E-state index in [0.29, 0.717) is 19.0 Å². The molecule has 2 N–H and O–H groups in total. The van der Waals surface area contributed by atoms with Gasteiger partial charge < -0.3 is 19.9 Å². The highest BCUT2D eigenvalue weighted by Gasteiger charge is 2.32. The van der Waals surface area contributed by atoms with Crippen LogP contribution in [0.4, 0.5) is 5.95 Å². The first-order valence-electron chi connectivity index (χ1n) is 6.07. The third kappa shape index (κ3) is 4.46. The summed E-state index contributed by atoms with van der Waals surface area (Å²) in [4.78, 5) is 7.65. The number of hydrogen-bond donors (Lipinski definition) is 1. The van der Waals surface area contributed by atoms with E-state index >= 15 is 0 Å². The van der Waals surface area contributed by atoms with Gasteiger partial charge in [-0.2, -0.15) is 0 Å². The molecule has 0 spiro atoms. The van der Waals surface area contributed by atoms with Crippen molar-refractivity contribution in [3.8, 4) is 5.75 Å². The smallest absolute Gasteiger partial charge is 0.220 e. The number of anilines is 1. The summed E-state index contributed by atoms with van der Waals surface area (Å²) in [7, 11) is 0. The molecule has 102 valence electrons. The van der Waals surface area contributed by atoms with Crippen LogP contribution in [0.1, 0.15) is 27.7 Å². The van der Waals surface area contributed by atoms with Crippen LogP contribution in [0, 0.1) is 0 Å². The molecule has 6 nitrogen and oxygen atoms in total. The van der Waals surface area contributed by atoms with Gasteiger partial charge in [0.25, 0.3) is 0 Å². The second-order valence-electron chi connectivity index (χ2n) is 4.04. The van der Waals surface area contributed by atoms with Gasteiger partial charge in [-0.3, -0.25) is 0 Å². The molecule has 0 aromatic carbocycles. The molecule has 1 fully saturated rings. The van der Waals surface area contributed by atoms with Crippen LogP contribution in [0.2, 0.25) is 0 Å². The zero-order valence-electron chi connectivity index (χ0n) is 11.3. The van der Waals surface area contributed by atoms with E-state index in [-0.39, 0.29) is 12.1 Å². The molecule has 1 aliphatic rings. The number of nitrogen functional groups attached to an aromatic ring is 1. The van der Waals surface area contributed by atoms with Crippen molar-refractivity contribution in [1.29, 1.82) is 0 Å². The van der Waals surface area contributed by atoms with Gasteiger partial charge in [0.1, 0.15) is 12.7 Å². The number of nitrogens with two attached hydrogens (primary N) is 1. The largest absolute Gasteiger partial charge is 0.488 e. The highest BCUT2D eigenvalue weighted by molar-refractivity contribution is 5.21. The predicted molar refractivity (Wildman–Crippen MR) is 68.2 cm³/mol. The topological polar surface area (TPSA) is 79.5 Å². The SMILES string of the molecule is CC.CC1(C)OCC(COc2cnc(N)nc2)O1. The molecule has 1 saturated heterocycles. The molecule has 0 radical (unpaired) electrons. The van der Waals surface area contributed by atoms with Crippen molar-refractivity contribution >= 4 is 5.95 Å². The predicted octanol–water partition coefficient (Wildman–Crippen LogP) is 1.62. The Morgan fingerprint density at radius 1 is 1.39 bits per heavy atom. The van der Waals surface area contributed by atoms with Crippen molar-refractivity contribution in [2.24, 2.45) is 0 Å². The lowest BCUT2D eigenvalue weighted by atomic mass is 10.4. The molecule has 2 heterocycles. The van der Waals surface area contributed by atoms with Gasteiger partial charge in [-0.25, -0.2) is 9.97 Å². The van der Waals surface area contributed by atoms with Gasteiger partial charge >= 0.3 is 0 Å². The fourth-order valence-corrected chi connectivity index (χ4v) is 1.44. The quantitative estimate of drug-likeness (QED) is 0.884. The number of nitrogens with zero attached hydrogens (tertiary/aromatic N) is 2. The van der Waals surface area contributed by atoms with Crippen LogP contribution in [0.5, 0.6) is 5.75 Å². The van der Waals surface area contributed by atoms with Crippen molar-refractivity contribution in [3.63, 3.8) is 0 Å². The molecule has 0 saturated carbocycles. The molecule has 0 bridgehead atoms. The maximum Gasteiger partial charge on any atom is 0.220 e. The highest BCUT2D eigenvalue weighted by atomic mass is 16.7. The second-order valence-corrected chi connectivity index (χ2v) is 4.04.